The van der Waals surface area contributed by atoms with Crippen LogP contribution in [0.1, 0.15) is 5.56 Å². The monoisotopic (exact) mass is 416 g/mol. The van der Waals surface area contributed by atoms with Gasteiger partial charge in [0.2, 0.25) is 0 Å². The van der Waals surface area contributed by atoms with E-state index in [2.05, 4.69) is 10.9 Å². The minimum atomic E-state index is -0.563. The first-order valence-corrected chi connectivity index (χ1v) is 8.53. The minimum absolute atomic E-state index is 0.273. The molecule has 0 aliphatic carbocycles. The number of carbonyl (C=O) groups is 2. The van der Waals surface area contributed by atoms with Gasteiger partial charge in [-0.2, -0.15) is 0 Å². The standard InChI is InChI=1S/C17H15Cl3N2O4/c1-10-6-12(3-4-13(10)19)25-8-16(23)21-22-17(24)9-26-15-5-2-11(18)7-14(15)20/h2-7H,8-9H2,1H3,(H,21,23)(H,22,24). The predicted octanol–water partition coefficient (Wildman–Crippen LogP) is 3.56. The number of amides is 2. The van der Waals surface area contributed by atoms with Gasteiger partial charge in [-0.1, -0.05) is 34.8 Å². The Labute approximate surface area is 165 Å². The zero-order chi connectivity index (χ0) is 19.1. The molecule has 0 spiro atoms. The number of rotatable bonds is 6. The van der Waals surface area contributed by atoms with Crippen molar-refractivity contribution in [2.45, 2.75) is 6.92 Å². The van der Waals surface area contributed by atoms with Gasteiger partial charge in [0.25, 0.3) is 11.8 Å². The zero-order valence-electron chi connectivity index (χ0n) is 13.6. The van der Waals surface area contributed by atoms with Crippen LogP contribution in [0.15, 0.2) is 36.4 Å². The largest absolute Gasteiger partial charge is 0.484 e. The Kier molecular flexibility index (Phi) is 7.38. The highest BCUT2D eigenvalue weighted by Gasteiger charge is 2.09. The van der Waals surface area contributed by atoms with E-state index in [0.717, 1.165) is 5.56 Å². The number of nitrogens with one attached hydrogen (secondary N) is 2. The maximum absolute atomic E-state index is 11.7. The second kappa shape index (κ2) is 9.52. The Morgan fingerprint density at radius 1 is 0.885 bits per heavy atom. The van der Waals surface area contributed by atoms with Gasteiger partial charge in [-0.3, -0.25) is 20.4 Å². The Balaban J connectivity index is 1.71. The molecule has 26 heavy (non-hydrogen) atoms. The van der Waals surface area contributed by atoms with Gasteiger partial charge < -0.3 is 9.47 Å². The molecule has 0 bridgehead atoms. The Morgan fingerprint density at radius 3 is 2.15 bits per heavy atom. The van der Waals surface area contributed by atoms with Gasteiger partial charge in [-0.05, 0) is 48.9 Å². The molecule has 0 radical (unpaired) electrons. The highest BCUT2D eigenvalue weighted by atomic mass is 35.5. The quantitative estimate of drug-likeness (QED) is 0.705. The number of halogens is 3. The summed E-state index contributed by atoms with van der Waals surface area (Å²) < 4.78 is 10.6. The second-order valence-corrected chi connectivity index (χ2v) is 6.41. The van der Waals surface area contributed by atoms with E-state index < -0.39 is 11.8 Å². The van der Waals surface area contributed by atoms with Gasteiger partial charge in [0, 0.05) is 10.0 Å². The van der Waals surface area contributed by atoms with Crippen molar-refractivity contribution in [2.75, 3.05) is 13.2 Å². The summed E-state index contributed by atoms with van der Waals surface area (Å²) in [6.07, 6.45) is 0. The molecule has 2 aromatic rings. The molecule has 0 fully saturated rings. The molecule has 0 heterocycles. The molecule has 6 nitrogen and oxygen atoms in total. The van der Waals surface area contributed by atoms with Crippen molar-refractivity contribution in [3.05, 3.63) is 57.0 Å². The normalized spacial score (nSPS) is 10.2. The maximum Gasteiger partial charge on any atom is 0.276 e. The van der Waals surface area contributed by atoms with Crippen molar-refractivity contribution < 1.29 is 19.1 Å². The molecular formula is C17H15Cl3N2O4. The van der Waals surface area contributed by atoms with E-state index in [1.807, 2.05) is 6.92 Å². The Hall–Kier alpha value is -2.15. The van der Waals surface area contributed by atoms with Crippen molar-refractivity contribution >= 4 is 46.6 Å². The highest BCUT2D eigenvalue weighted by molar-refractivity contribution is 6.35. The zero-order valence-corrected chi connectivity index (χ0v) is 15.9. The van der Waals surface area contributed by atoms with Gasteiger partial charge in [0.05, 0.1) is 5.02 Å². The van der Waals surface area contributed by atoms with Crippen molar-refractivity contribution in [1.82, 2.24) is 10.9 Å². The van der Waals surface area contributed by atoms with Crippen molar-refractivity contribution in [2.24, 2.45) is 0 Å². The molecule has 0 saturated carbocycles. The van der Waals surface area contributed by atoms with Gasteiger partial charge in [-0.25, -0.2) is 0 Å². The molecule has 0 unspecified atom stereocenters. The van der Waals surface area contributed by atoms with Crippen LogP contribution in [0, 0.1) is 6.92 Å². The van der Waals surface area contributed by atoms with Crippen LogP contribution in [-0.2, 0) is 9.59 Å². The summed E-state index contributed by atoms with van der Waals surface area (Å²) in [6, 6.07) is 9.64. The molecular weight excluding hydrogens is 403 g/mol. The molecule has 0 atom stereocenters. The Bertz CT molecular complexity index is 815. The van der Waals surface area contributed by atoms with Gasteiger partial charge >= 0.3 is 0 Å². The van der Waals surface area contributed by atoms with Gasteiger partial charge in [-0.15, -0.1) is 0 Å². The van der Waals surface area contributed by atoms with E-state index in [4.69, 9.17) is 44.3 Å². The van der Waals surface area contributed by atoms with Crippen LogP contribution >= 0.6 is 34.8 Å². The molecule has 138 valence electrons. The first-order valence-electron chi connectivity index (χ1n) is 7.39. The first kappa shape index (κ1) is 20.2. The molecule has 2 aromatic carbocycles. The van der Waals surface area contributed by atoms with Crippen LogP contribution in [0.25, 0.3) is 0 Å². The second-order valence-electron chi connectivity index (χ2n) is 5.16. The lowest BCUT2D eigenvalue weighted by atomic mass is 10.2. The lowest BCUT2D eigenvalue weighted by Crippen LogP contribution is -2.45. The highest BCUT2D eigenvalue weighted by Crippen LogP contribution is 2.27. The minimum Gasteiger partial charge on any atom is -0.484 e. The number of carbonyl (C=O) groups excluding carboxylic acids is 2. The fourth-order valence-corrected chi connectivity index (χ4v) is 2.38. The summed E-state index contributed by atoms with van der Waals surface area (Å²) in [5.74, 6) is -0.296. The predicted molar refractivity (Wildman–Crippen MR) is 99.9 cm³/mol. The third-order valence-corrected chi connectivity index (χ3v) is 4.05. The molecule has 2 rings (SSSR count). The fourth-order valence-electron chi connectivity index (χ4n) is 1.80. The summed E-state index contributed by atoms with van der Waals surface area (Å²) in [5.41, 5.74) is 5.25. The lowest BCUT2D eigenvalue weighted by molar-refractivity contribution is -0.131. The Morgan fingerprint density at radius 2 is 1.54 bits per heavy atom. The topological polar surface area (TPSA) is 76.7 Å². The van der Waals surface area contributed by atoms with Crippen molar-refractivity contribution in [1.29, 1.82) is 0 Å². The first-order chi connectivity index (χ1) is 12.3. The van der Waals surface area contributed by atoms with Crippen LogP contribution in [0.5, 0.6) is 11.5 Å². The molecule has 0 saturated heterocycles. The lowest BCUT2D eigenvalue weighted by Gasteiger charge is -2.11. The average Bonchev–Trinajstić information content (AvgIpc) is 2.60. The third kappa shape index (κ3) is 6.29. The SMILES string of the molecule is Cc1cc(OCC(=O)NNC(=O)COc2ccc(Cl)cc2Cl)ccc1Cl. The van der Waals surface area contributed by atoms with Crippen LogP contribution in [0.4, 0.5) is 0 Å². The fraction of sp³-hybridized carbons (Fsp3) is 0.176. The van der Waals surface area contributed by atoms with Gasteiger partial charge in [0.1, 0.15) is 11.5 Å². The summed E-state index contributed by atoms with van der Waals surface area (Å²) in [6.45, 7) is 1.21. The van der Waals surface area contributed by atoms with E-state index in [1.54, 1.807) is 30.3 Å². The van der Waals surface area contributed by atoms with E-state index in [0.29, 0.717) is 21.5 Å². The number of ether oxygens (including phenoxy) is 2. The third-order valence-electron chi connectivity index (χ3n) is 3.09. The van der Waals surface area contributed by atoms with Crippen molar-refractivity contribution in [3.63, 3.8) is 0 Å². The molecule has 0 aromatic heterocycles. The number of hydrogen-bond donors (Lipinski definition) is 2. The molecule has 9 heteroatoms. The van der Waals surface area contributed by atoms with Gasteiger partial charge in [0.15, 0.2) is 13.2 Å². The summed E-state index contributed by atoms with van der Waals surface area (Å²) in [5, 5.41) is 1.34. The molecule has 0 aliphatic heterocycles. The molecule has 2 amide bonds. The van der Waals surface area contributed by atoms with E-state index >= 15 is 0 Å². The average molecular weight is 418 g/mol. The van der Waals surface area contributed by atoms with E-state index in [9.17, 15) is 9.59 Å². The molecule has 0 aliphatic rings. The number of hydrazine groups is 1. The summed E-state index contributed by atoms with van der Waals surface area (Å²) >= 11 is 17.6. The number of hydrogen-bond acceptors (Lipinski definition) is 4. The number of benzene rings is 2. The van der Waals surface area contributed by atoms with E-state index in [-0.39, 0.29) is 18.2 Å². The van der Waals surface area contributed by atoms with Crippen LogP contribution < -0.4 is 20.3 Å². The van der Waals surface area contributed by atoms with Crippen LogP contribution in [-0.4, -0.2) is 25.0 Å². The summed E-state index contributed by atoms with van der Waals surface area (Å²) in [4.78, 5) is 23.4. The van der Waals surface area contributed by atoms with Crippen LogP contribution in [0.3, 0.4) is 0 Å². The number of aryl methyl sites for hydroxylation is 1. The van der Waals surface area contributed by atoms with Crippen molar-refractivity contribution in [3.8, 4) is 11.5 Å². The summed E-state index contributed by atoms with van der Waals surface area (Å²) in [7, 11) is 0. The molecule has 2 N–H and O–H groups in total. The van der Waals surface area contributed by atoms with E-state index in [1.165, 1.54) is 6.07 Å². The van der Waals surface area contributed by atoms with Crippen LogP contribution in [0.2, 0.25) is 15.1 Å². The smallest absolute Gasteiger partial charge is 0.276 e. The maximum atomic E-state index is 11.7.